The van der Waals surface area contributed by atoms with Gasteiger partial charge in [0.05, 0.1) is 12.6 Å². The smallest absolute Gasteiger partial charge is 0.325 e. The number of urea groups is 1. The number of hydrogen-bond acceptors (Lipinski definition) is 3. The molecule has 2 N–H and O–H groups in total. The van der Waals surface area contributed by atoms with Gasteiger partial charge in [0.25, 0.3) is 5.91 Å². The van der Waals surface area contributed by atoms with Gasteiger partial charge in [0.1, 0.15) is 5.54 Å². The van der Waals surface area contributed by atoms with E-state index in [1.54, 1.807) is 6.92 Å². The highest BCUT2D eigenvalue weighted by molar-refractivity contribution is 6.07. The van der Waals surface area contributed by atoms with Crippen molar-refractivity contribution in [3.63, 3.8) is 0 Å². The zero-order valence-corrected chi connectivity index (χ0v) is 13.6. The fourth-order valence-electron chi connectivity index (χ4n) is 2.53. The van der Waals surface area contributed by atoms with Crippen LogP contribution in [0, 0.1) is 5.41 Å². The first-order valence-electron chi connectivity index (χ1n) is 7.51. The average Bonchev–Trinajstić information content (AvgIpc) is 2.64. The zero-order valence-electron chi connectivity index (χ0n) is 13.6. The van der Waals surface area contributed by atoms with Crippen molar-refractivity contribution < 1.29 is 14.7 Å². The van der Waals surface area contributed by atoms with Crippen LogP contribution in [0.4, 0.5) is 4.79 Å². The minimum absolute atomic E-state index is 0.00519. The Morgan fingerprint density at radius 1 is 1.23 bits per heavy atom. The number of aliphatic hydroxyl groups is 1. The third-order valence-electron chi connectivity index (χ3n) is 4.48. The van der Waals surface area contributed by atoms with Crippen LogP contribution >= 0.6 is 0 Å². The van der Waals surface area contributed by atoms with Crippen LogP contribution in [0.1, 0.15) is 33.3 Å². The minimum Gasteiger partial charge on any atom is -0.391 e. The summed E-state index contributed by atoms with van der Waals surface area (Å²) < 4.78 is 0. The Balaban J connectivity index is 2.07. The van der Waals surface area contributed by atoms with Crippen molar-refractivity contribution >= 4 is 11.9 Å². The molecule has 0 unspecified atom stereocenters. The Labute approximate surface area is 131 Å². The molecule has 120 valence electrons. The van der Waals surface area contributed by atoms with Crippen LogP contribution in [-0.2, 0) is 11.2 Å². The van der Waals surface area contributed by atoms with Gasteiger partial charge in [-0.2, -0.15) is 0 Å². The van der Waals surface area contributed by atoms with Gasteiger partial charge < -0.3 is 10.4 Å². The molecule has 0 radical (unpaired) electrons. The fourth-order valence-corrected chi connectivity index (χ4v) is 2.53. The largest absolute Gasteiger partial charge is 0.391 e. The van der Waals surface area contributed by atoms with Gasteiger partial charge in [-0.25, -0.2) is 4.79 Å². The van der Waals surface area contributed by atoms with Crippen molar-refractivity contribution in [2.75, 3.05) is 6.54 Å². The molecule has 5 heteroatoms. The molecule has 0 saturated carbocycles. The maximum atomic E-state index is 12.6. The van der Waals surface area contributed by atoms with Crippen molar-refractivity contribution in [1.82, 2.24) is 10.2 Å². The van der Waals surface area contributed by atoms with E-state index in [9.17, 15) is 14.7 Å². The van der Waals surface area contributed by atoms with Gasteiger partial charge in [-0.3, -0.25) is 9.69 Å². The van der Waals surface area contributed by atoms with E-state index in [4.69, 9.17) is 0 Å². The summed E-state index contributed by atoms with van der Waals surface area (Å²) in [5.41, 5.74) is -0.379. The Bertz CT molecular complexity index is 565. The third-order valence-corrected chi connectivity index (χ3v) is 4.48. The summed E-state index contributed by atoms with van der Waals surface area (Å²) in [5.74, 6) is -0.280. The normalized spacial score (nSPS) is 23.6. The summed E-state index contributed by atoms with van der Waals surface area (Å²) in [4.78, 5) is 25.8. The first kappa shape index (κ1) is 16.5. The molecule has 3 amide bonds. The Morgan fingerprint density at radius 2 is 1.82 bits per heavy atom. The molecule has 22 heavy (non-hydrogen) atoms. The molecule has 0 aromatic heterocycles. The highest BCUT2D eigenvalue weighted by Crippen LogP contribution is 2.35. The topological polar surface area (TPSA) is 69.6 Å². The van der Waals surface area contributed by atoms with E-state index in [1.807, 2.05) is 51.1 Å². The highest BCUT2D eigenvalue weighted by atomic mass is 16.3. The number of β-amino-alcohol motifs (C(OH)–C–C–N with tert-alkyl or cyclic N) is 1. The van der Waals surface area contributed by atoms with Crippen molar-refractivity contribution in [2.24, 2.45) is 5.41 Å². The molecular formula is C17H24N2O3. The summed E-state index contributed by atoms with van der Waals surface area (Å²) in [6.45, 7) is 7.47. The first-order valence-corrected chi connectivity index (χ1v) is 7.51. The van der Waals surface area contributed by atoms with Gasteiger partial charge in [0, 0.05) is 6.42 Å². The van der Waals surface area contributed by atoms with Crippen molar-refractivity contribution in [3.05, 3.63) is 35.9 Å². The third kappa shape index (κ3) is 2.99. The van der Waals surface area contributed by atoms with E-state index in [0.29, 0.717) is 6.42 Å². The van der Waals surface area contributed by atoms with E-state index in [0.717, 1.165) is 10.5 Å². The summed E-state index contributed by atoms with van der Waals surface area (Å²) in [5, 5.41) is 13.0. The first-order chi connectivity index (χ1) is 10.1. The van der Waals surface area contributed by atoms with Crippen LogP contribution in [0.2, 0.25) is 0 Å². The van der Waals surface area contributed by atoms with Crippen LogP contribution in [0.5, 0.6) is 0 Å². The molecule has 5 nitrogen and oxygen atoms in total. The molecule has 1 heterocycles. The predicted molar refractivity (Wildman–Crippen MR) is 84.3 cm³/mol. The highest BCUT2D eigenvalue weighted by Gasteiger charge is 2.54. The fraction of sp³-hybridized carbons (Fsp3) is 0.529. The van der Waals surface area contributed by atoms with Gasteiger partial charge >= 0.3 is 6.03 Å². The second kappa shape index (κ2) is 5.72. The molecule has 1 fully saturated rings. The standard InChI is InChI=1S/C17H24N2O3/c1-16(2,3)17(4)14(21)19(15(22)18-17)11-13(20)10-12-8-6-5-7-9-12/h5-9,13,20H,10-11H2,1-4H3,(H,18,22)/t13-,17-/m1/s1. The van der Waals surface area contributed by atoms with Crippen LogP contribution < -0.4 is 5.32 Å². The molecule has 0 bridgehead atoms. The summed E-state index contributed by atoms with van der Waals surface area (Å²) in [6.07, 6.45) is -0.371. The molecule has 1 aliphatic heterocycles. The molecular weight excluding hydrogens is 280 g/mol. The average molecular weight is 304 g/mol. The van der Waals surface area contributed by atoms with Crippen molar-refractivity contribution in [3.8, 4) is 0 Å². The van der Waals surface area contributed by atoms with Gasteiger partial charge in [-0.1, -0.05) is 51.1 Å². The van der Waals surface area contributed by atoms with Gasteiger partial charge in [-0.15, -0.1) is 0 Å². The quantitative estimate of drug-likeness (QED) is 0.835. The lowest BCUT2D eigenvalue weighted by Crippen LogP contribution is -2.54. The lowest BCUT2D eigenvalue weighted by molar-refractivity contribution is -0.135. The lowest BCUT2D eigenvalue weighted by atomic mass is 9.75. The number of benzene rings is 1. The zero-order chi connectivity index (χ0) is 16.5. The number of carbonyl (C=O) groups excluding carboxylic acids is 2. The molecule has 1 aromatic rings. The molecule has 0 aliphatic carbocycles. The van der Waals surface area contributed by atoms with E-state index < -0.39 is 23.1 Å². The predicted octanol–water partition coefficient (Wildman–Crippen LogP) is 1.95. The summed E-state index contributed by atoms with van der Waals surface area (Å²) >= 11 is 0. The molecule has 0 spiro atoms. The van der Waals surface area contributed by atoms with E-state index in [1.165, 1.54) is 0 Å². The summed E-state index contributed by atoms with van der Waals surface area (Å²) in [6, 6.07) is 9.08. The monoisotopic (exact) mass is 304 g/mol. The number of hydrogen-bond donors (Lipinski definition) is 2. The van der Waals surface area contributed by atoms with E-state index in [2.05, 4.69) is 5.32 Å². The summed E-state index contributed by atoms with van der Waals surface area (Å²) in [7, 11) is 0. The Kier molecular flexibility index (Phi) is 4.29. The van der Waals surface area contributed by atoms with E-state index in [-0.39, 0.29) is 12.5 Å². The number of rotatable bonds is 4. The molecule has 1 saturated heterocycles. The van der Waals surface area contributed by atoms with Gasteiger partial charge in [0.15, 0.2) is 0 Å². The second-order valence-electron chi connectivity index (χ2n) is 7.06. The molecule has 2 atom stereocenters. The SMILES string of the molecule is CC(C)(C)[C@]1(C)NC(=O)N(C[C@H](O)Cc2ccccc2)C1=O. The second-order valence-corrected chi connectivity index (χ2v) is 7.06. The maximum Gasteiger partial charge on any atom is 0.325 e. The maximum absolute atomic E-state index is 12.6. The van der Waals surface area contributed by atoms with Gasteiger partial charge in [-0.05, 0) is 17.9 Å². The number of carbonyl (C=O) groups is 2. The number of amides is 3. The number of nitrogens with one attached hydrogen (secondary N) is 1. The van der Waals surface area contributed by atoms with Crippen LogP contribution in [0.25, 0.3) is 0 Å². The Hall–Kier alpha value is -1.88. The number of aliphatic hydroxyl groups excluding tert-OH is 1. The van der Waals surface area contributed by atoms with Crippen LogP contribution in [0.15, 0.2) is 30.3 Å². The number of nitrogens with zero attached hydrogens (tertiary/aromatic N) is 1. The molecule has 2 rings (SSSR count). The number of imide groups is 1. The molecule has 1 aliphatic rings. The minimum atomic E-state index is -0.948. The van der Waals surface area contributed by atoms with Crippen molar-refractivity contribution in [1.29, 1.82) is 0 Å². The van der Waals surface area contributed by atoms with Crippen LogP contribution in [-0.4, -0.2) is 40.1 Å². The Morgan fingerprint density at radius 3 is 2.32 bits per heavy atom. The van der Waals surface area contributed by atoms with Crippen molar-refractivity contribution in [2.45, 2.75) is 45.8 Å². The van der Waals surface area contributed by atoms with E-state index >= 15 is 0 Å². The van der Waals surface area contributed by atoms with Crippen LogP contribution in [0.3, 0.4) is 0 Å². The lowest BCUT2D eigenvalue weighted by Gasteiger charge is -2.35. The molecule has 1 aromatic carbocycles. The van der Waals surface area contributed by atoms with Gasteiger partial charge in [0.2, 0.25) is 0 Å².